The summed E-state index contributed by atoms with van der Waals surface area (Å²) in [6.07, 6.45) is 0. The summed E-state index contributed by atoms with van der Waals surface area (Å²) in [5.41, 5.74) is 4.26. The molecule has 0 N–H and O–H groups in total. The van der Waals surface area contributed by atoms with Crippen molar-refractivity contribution in [3.63, 3.8) is 0 Å². The third kappa shape index (κ3) is 2.55. The monoisotopic (exact) mass is 525 g/mol. The highest BCUT2D eigenvalue weighted by Crippen LogP contribution is 2.48. The van der Waals surface area contributed by atoms with Gasteiger partial charge in [0, 0.05) is 41.7 Å². The minimum Gasteiger partial charge on any atom is -0.450 e. The van der Waals surface area contributed by atoms with E-state index in [2.05, 4.69) is 82.3 Å². The maximum Gasteiger partial charge on any atom is 0.225 e. The van der Waals surface area contributed by atoms with E-state index in [0.29, 0.717) is 16.9 Å². The average molecular weight is 526 g/mol. The smallest absolute Gasteiger partial charge is 0.225 e. The zero-order valence-electron chi connectivity index (χ0n) is 19.8. The summed E-state index contributed by atoms with van der Waals surface area (Å²) in [5, 5.41) is 8.40. The van der Waals surface area contributed by atoms with Crippen molar-refractivity contribution in [3.05, 3.63) is 102 Å². The lowest BCUT2D eigenvalue weighted by molar-refractivity contribution is 0.662. The normalized spacial score (nSPS) is 12.3. The molecule has 0 atom stereocenters. The van der Waals surface area contributed by atoms with Gasteiger partial charge in [-0.05, 0) is 41.3 Å². The second-order valence-electron chi connectivity index (χ2n) is 9.52. The van der Waals surface area contributed by atoms with Crippen LogP contribution in [0, 0.1) is 0 Å². The molecule has 0 fully saturated rings. The molecule has 4 nitrogen and oxygen atoms in total. The third-order valence-electron chi connectivity index (χ3n) is 7.53. The molecule has 9 aromatic rings. The number of hydrogen-bond acceptors (Lipinski definition) is 4. The summed E-state index contributed by atoms with van der Waals surface area (Å²) in [7, 11) is 0. The number of benzene rings is 5. The van der Waals surface area contributed by atoms with Crippen molar-refractivity contribution in [1.82, 2.24) is 14.5 Å². The van der Waals surface area contributed by atoms with E-state index in [4.69, 9.17) is 21.0 Å². The summed E-state index contributed by atoms with van der Waals surface area (Å²) in [4.78, 5) is 9.41. The molecule has 0 aliphatic carbocycles. The molecule has 6 heteroatoms. The number of para-hydroxylation sites is 2. The Hall–Kier alpha value is -4.45. The van der Waals surface area contributed by atoms with Gasteiger partial charge in [-0.1, -0.05) is 72.8 Å². The summed E-state index contributed by atoms with van der Waals surface area (Å²) < 4.78 is 11.2. The molecule has 38 heavy (non-hydrogen) atoms. The van der Waals surface area contributed by atoms with Crippen molar-refractivity contribution in [2.24, 2.45) is 0 Å². The molecule has 4 heterocycles. The highest BCUT2D eigenvalue weighted by atomic mass is 35.5. The molecular weight excluding hydrogens is 510 g/mol. The molecule has 0 aliphatic heterocycles. The van der Waals surface area contributed by atoms with Crippen LogP contribution >= 0.6 is 22.9 Å². The second kappa shape index (κ2) is 7.32. The Morgan fingerprint density at radius 1 is 0.658 bits per heavy atom. The molecule has 9 rings (SSSR count). The minimum atomic E-state index is 0.192. The summed E-state index contributed by atoms with van der Waals surface area (Å²) in [6.45, 7) is 0. The van der Waals surface area contributed by atoms with Crippen molar-refractivity contribution in [2.45, 2.75) is 0 Å². The molecule has 4 aromatic heterocycles. The lowest BCUT2D eigenvalue weighted by atomic mass is 10.00. The Bertz CT molecular complexity index is 2430. The van der Waals surface area contributed by atoms with Crippen LogP contribution in [0.25, 0.3) is 80.6 Å². The van der Waals surface area contributed by atoms with E-state index >= 15 is 0 Å². The van der Waals surface area contributed by atoms with Crippen LogP contribution in [0.3, 0.4) is 0 Å². The Labute approximate surface area is 224 Å². The first-order valence-electron chi connectivity index (χ1n) is 12.4. The number of hydrogen-bond donors (Lipinski definition) is 0. The van der Waals surface area contributed by atoms with Crippen molar-refractivity contribution in [3.8, 4) is 5.82 Å². The van der Waals surface area contributed by atoms with Gasteiger partial charge in [-0.3, -0.25) is 4.57 Å². The van der Waals surface area contributed by atoms with E-state index in [1.165, 1.54) is 36.3 Å². The largest absolute Gasteiger partial charge is 0.450 e. The van der Waals surface area contributed by atoms with Gasteiger partial charge in [0.2, 0.25) is 5.28 Å². The van der Waals surface area contributed by atoms with Gasteiger partial charge in [-0.15, -0.1) is 11.3 Å². The fraction of sp³-hybridized carbons (Fsp3) is 0. The predicted octanol–water partition coefficient (Wildman–Crippen LogP) is 9.65. The van der Waals surface area contributed by atoms with E-state index in [1.54, 1.807) is 0 Å². The van der Waals surface area contributed by atoms with Gasteiger partial charge in [0.15, 0.2) is 11.4 Å². The Kier molecular flexibility index (Phi) is 3.96. The maximum atomic E-state index is 6.61. The molecule has 0 amide bonds. The first kappa shape index (κ1) is 20.6. The van der Waals surface area contributed by atoms with Gasteiger partial charge in [-0.2, -0.15) is 4.98 Å². The highest BCUT2D eigenvalue weighted by Gasteiger charge is 2.25. The van der Waals surface area contributed by atoms with E-state index in [9.17, 15) is 0 Å². The molecule has 178 valence electrons. The fourth-order valence-electron chi connectivity index (χ4n) is 6.04. The second-order valence-corrected chi connectivity index (χ2v) is 10.9. The van der Waals surface area contributed by atoms with Gasteiger partial charge in [0.1, 0.15) is 11.1 Å². The molecule has 0 saturated carbocycles. The van der Waals surface area contributed by atoms with E-state index in [0.717, 1.165) is 27.4 Å². The van der Waals surface area contributed by atoms with Gasteiger partial charge in [-0.25, -0.2) is 4.98 Å². The summed E-state index contributed by atoms with van der Waals surface area (Å²) >= 11 is 8.45. The van der Waals surface area contributed by atoms with Gasteiger partial charge < -0.3 is 4.42 Å². The third-order valence-corrected chi connectivity index (χ3v) is 8.91. The Balaban J connectivity index is 1.63. The lowest BCUT2D eigenvalue weighted by Crippen LogP contribution is -2.00. The van der Waals surface area contributed by atoms with Gasteiger partial charge >= 0.3 is 0 Å². The van der Waals surface area contributed by atoms with Crippen LogP contribution < -0.4 is 0 Å². The van der Waals surface area contributed by atoms with Crippen LogP contribution in [-0.2, 0) is 0 Å². The topological polar surface area (TPSA) is 43.9 Å². The molecule has 0 aliphatic rings. The van der Waals surface area contributed by atoms with Crippen LogP contribution in [0.1, 0.15) is 0 Å². The standard InChI is InChI=1S/C32H16ClN3OS/c33-32-34-27-20-12-4-7-15-23(20)37-29(27)31(35-32)36-22-14-6-3-11-19(22)25-17-9-1-2-10-18(17)30-26(28(25)36)21-13-5-8-16-24(21)38-30/h1-16H. The van der Waals surface area contributed by atoms with Crippen LogP contribution in [-0.4, -0.2) is 14.5 Å². The molecule has 0 bridgehead atoms. The number of thiophene rings is 1. The van der Waals surface area contributed by atoms with Crippen molar-refractivity contribution >= 4 is 97.8 Å². The minimum absolute atomic E-state index is 0.192. The first-order chi connectivity index (χ1) is 18.8. The zero-order valence-corrected chi connectivity index (χ0v) is 21.3. The van der Waals surface area contributed by atoms with E-state index in [1.807, 2.05) is 35.6 Å². The van der Waals surface area contributed by atoms with Crippen molar-refractivity contribution in [1.29, 1.82) is 0 Å². The maximum absolute atomic E-state index is 6.61. The molecule has 5 aromatic carbocycles. The number of fused-ring (bicyclic) bond motifs is 13. The summed E-state index contributed by atoms with van der Waals surface area (Å²) in [6, 6.07) is 33.8. The number of aromatic nitrogens is 3. The van der Waals surface area contributed by atoms with Crippen LogP contribution in [0.15, 0.2) is 101 Å². The van der Waals surface area contributed by atoms with Gasteiger partial charge in [0.25, 0.3) is 0 Å². The van der Waals surface area contributed by atoms with Crippen LogP contribution in [0.2, 0.25) is 5.28 Å². The van der Waals surface area contributed by atoms with Gasteiger partial charge in [0.05, 0.1) is 11.0 Å². The van der Waals surface area contributed by atoms with Crippen LogP contribution in [0.5, 0.6) is 0 Å². The SMILES string of the molecule is Clc1nc(-n2c3ccccc3c3c4ccccc4c4sc5ccccc5c4c32)c2oc3ccccc3c2n1. The fourth-order valence-corrected chi connectivity index (χ4v) is 7.45. The summed E-state index contributed by atoms with van der Waals surface area (Å²) in [5.74, 6) is 0.647. The van der Waals surface area contributed by atoms with Crippen molar-refractivity contribution in [2.75, 3.05) is 0 Å². The quantitative estimate of drug-likeness (QED) is 0.200. The number of furan rings is 1. The predicted molar refractivity (Wildman–Crippen MR) is 159 cm³/mol. The number of halogens is 1. The zero-order chi connectivity index (χ0) is 25.0. The Morgan fingerprint density at radius 2 is 1.34 bits per heavy atom. The molecule has 0 unspecified atom stereocenters. The number of rotatable bonds is 1. The molecule has 0 spiro atoms. The molecular formula is C32H16ClN3OS. The highest BCUT2D eigenvalue weighted by molar-refractivity contribution is 7.27. The molecule has 0 saturated heterocycles. The van der Waals surface area contributed by atoms with Crippen molar-refractivity contribution < 1.29 is 4.42 Å². The van der Waals surface area contributed by atoms with E-state index < -0.39 is 0 Å². The number of nitrogens with zero attached hydrogens (tertiary/aromatic N) is 3. The van der Waals surface area contributed by atoms with E-state index in [-0.39, 0.29) is 5.28 Å². The lowest BCUT2D eigenvalue weighted by Gasteiger charge is -2.10. The van der Waals surface area contributed by atoms with Crippen LogP contribution in [0.4, 0.5) is 0 Å². The average Bonchev–Trinajstić information content (AvgIpc) is 3.63. The first-order valence-corrected chi connectivity index (χ1v) is 13.6. The Morgan fingerprint density at radius 3 is 2.21 bits per heavy atom. The molecule has 0 radical (unpaired) electrons.